The molecule has 1 spiro atoms. The van der Waals surface area contributed by atoms with Crippen LogP contribution in [-0.4, -0.2) is 58.1 Å². The fraction of sp³-hybridized carbons (Fsp3) is 0.545. The summed E-state index contributed by atoms with van der Waals surface area (Å²) < 4.78 is 54.6. The van der Waals surface area contributed by atoms with Gasteiger partial charge >= 0.3 is 6.18 Å². The van der Waals surface area contributed by atoms with Crippen molar-refractivity contribution < 1.29 is 22.7 Å². The predicted octanol–water partition coefficient (Wildman–Crippen LogP) is 3.72. The zero-order chi connectivity index (χ0) is 24.7. The molecule has 2 heterocycles. The van der Waals surface area contributed by atoms with E-state index in [1.54, 1.807) is 31.2 Å². The second kappa shape index (κ2) is 9.45. The van der Waals surface area contributed by atoms with E-state index in [9.17, 15) is 22.7 Å². The number of halogens is 4. The SMILES string of the molecule is BN/C(C)=C(\O)c1nnc(SCCCN2CCC3(CC3c3ccc(C(F)(F)F)cc3F)C2)n1C. The zero-order valence-electron chi connectivity index (χ0n) is 19.4. The van der Waals surface area contributed by atoms with Gasteiger partial charge in [0.15, 0.2) is 10.9 Å². The van der Waals surface area contributed by atoms with E-state index in [1.807, 2.05) is 7.05 Å². The number of aromatic nitrogens is 3. The third-order valence-corrected chi connectivity index (χ3v) is 8.09. The Hall–Kier alpha value is -2.21. The van der Waals surface area contributed by atoms with Crippen LogP contribution in [0.2, 0.25) is 0 Å². The number of likely N-dealkylation sites (tertiary alicyclic amines) is 1. The van der Waals surface area contributed by atoms with Crippen LogP contribution in [0, 0.1) is 11.2 Å². The second-order valence-electron chi connectivity index (χ2n) is 9.17. The van der Waals surface area contributed by atoms with Gasteiger partial charge in [0.2, 0.25) is 13.8 Å². The van der Waals surface area contributed by atoms with Crippen LogP contribution >= 0.6 is 11.8 Å². The van der Waals surface area contributed by atoms with Gasteiger partial charge in [-0.15, -0.1) is 10.2 Å². The number of alkyl halides is 3. The first-order valence-electron chi connectivity index (χ1n) is 11.2. The third-order valence-electron chi connectivity index (χ3n) is 6.98. The van der Waals surface area contributed by atoms with E-state index >= 15 is 0 Å². The van der Waals surface area contributed by atoms with Crippen molar-refractivity contribution in [2.24, 2.45) is 12.5 Å². The minimum Gasteiger partial charge on any atom is -0.503 e. The normalized spacial score (nSPS) is 23.4. The van der Waals surface area contributed by atoms with Crippen molar-refractivity contribution in [3.8, 4) is 0 Å². The number of thioether (sulfide) groups is 1. The summed E-state index contributed by atoms with van der Waals surface area (Å²) in [5, 5.41) is 22.1. The molecule has 184 valence electrons. The van der Waals surface area contributed by atoms with Gasteiger partial charge in [-0.1, -0.05) is 17.8 Å². The van der Waals surface area contributed by atoms with Crippen LogP contribution in [0.4, 0.5) is 17.6 Å². The van der Waals surface area contributed by atoms with Crippen molar-refractivity contribution in [3.63, 3.8) is 0 Å². The number of nitrogens with one attached hydrogen (secondary N) is 1. The molecule has 1 aromatic carbocycles. The predicted molar refractivity (Wildman–Crippen MR) is 125 cm³/mol. The van der Waals surface area contributed by atoms with E-state index in [0.717, 1.165) is 55.9 Å². The van der Waals surface area contributed by atoms with Crippen molar-refractivity contribution in [3.05, 3.63) is 46.7 Å². The Morgan fingerprint density at radius 3 is 2.79 bits per heavy atom. The minimum absolute atomic E-state index is 0.00646. The quantitative estimate of drug-likeness (QED) is 0.191. The van der Waals surface area contributed by atoms with Crippen molar-refractivity contribution >= 4 is 25.5 Å². The number of hydrogen-bond acceptors (Lipinski definition) is 6. The Morgan fingerprint density at radius 2 is 2.12 bits per heavy atom. The third kappa shape index (κ3) is 4.93. The Balaban J connectivity index is 1.26. The molecule has 1 saturated carbocycles. The number of hydrogen-bond donors (Lipinski definition) is 2. The maximum atomic E-state index is 14.4. The van der Waals surface area contributed by atoms with E-state index in [1.165, 1.54) is 6.07 Å². The van der Waals surface area contributed by atoms with Crippen LogP contribution in [0.3, 0.4) is 0 Å². The molecule has 0 amide bonds. The molecule has 2 fully saturated rings. The van der Waals surface area contributed by atoms with E-state index in [4.69, 9.17) is 0 Å². The molecule has 1 saturated heterocycles. The van der Waals surface area contributed by atoms with E-state index < -0.39 is 17.6 Å². The summed E-state index contributed by atoms with van der Waals surface area (Å²) >= 11 is 1.57. The second-order valence-corrected chi connectivity index (χ2v) is 10.2. The van der Waals surface area contributed by atoms with E-state index in [-0.39, 0.29) is 17.1 Å². The van der Waals surface area contributed by atoms with Crippen LogP contribution in [0.25, 0.3) is 5.76 Å². The maximum absolute atomic E-state index is 14.4. The number of aliphatic hydroxyl groups excluding tert-OH is 1. The molecule has 2 aliphatic rings. The standard InChI is InChI=1S/C22H28BF4N5OS/c1-13(28-23)18(33)19-29-30-20(31(19)2)34-9-3-7-32-8-6-21(12-32)11-16(21)15-5-4-14(10-17(15)24)22(25,26)27/h4-5,10,16,28,33H,3,6-9,11-12,23H2,1-2H3/b18-13-. The summed E-state index contributed by atoms with van der Waals surface area (Å²) in [4.78, 5) is 2.36. The lowest BCUT2D eigenvalue weighted by atomic mass is 9.97. The van der Waals surface area contributed by atoms with Gasteiger partial charge in [0.1, 0.15) is 5.82 Å². The van der Waals surface area contributed by atoms with Crippen LogP contribution < -0.4 is 5.23 Å². The molecule has 4 rings (SSSR count). The fourth-order valence-corrected chi connectivity index (χ4v) is 5.62. The topological polar surface area (TPSA) is 66.2 Å². The molecule has 1 aliphatic heterocycles. The molecular formula is C22H28BF4N5OS. The first-order valence-corrected chi connectivity index (χ1v) is 12.2. The summed E-state index contributed by atoms with van der Waals surface area (Å²) in [6, 6.07) is 2.93. The van der Waals surface area contributed by atoms with Gasteiger partial charge in [-0.3, -0.25) is 0 Å². The Labute approximate surface area is 201 Å². The maximum Gasteiger partial charge on any atom is 0.416 e. The van der Waals surface area contributed by atoms with Crippen LogP contribution in [0.15, 0.2) is 29.1 Å². The van der Waals surface area contributed by atoms with Crippen LogP contribution in [0.5, 0.6) is 0 Å². The highest BCUT2D eigenvalue weighted by molar-refractivity contribution is 7.99. The summed E-state index contributed by atoms with van der Waals surface area (Å²) in [5.74, 6) is 0.553. The van der Waals surface area contributed by atoms with Crippen molar-refractivity contribution in [2.75, 3.05) is 25.4 Å². The summed E-state index contributed by atoms with van der Waals surface area (Å²) in [6.45, 7) is 4.42. The Kier molecular flexibility index (Phi) is 6.92. The van der Waals surface area contributed by atoms with E-state index in [2.05, 4.69) is 20.3 Å². The van der Waals surface area contributed by atoms with Gasteiger partial charge < -0.3 is 19.8 Å². The Morgan fingerprint density at radius 1 is 1.35 bits per heavy atom. The fourth-order valence-electron chi connectivity index (χ4n) is 4.78. The molecule has 2 unspecified atom stereocenters. The monoisotopic (exact) mass is 497 g/mol. The largest absolute Gasteiger partial charge is 0.503 e. The molecule has 2 atom stereocenters. The average molecular weight is 497 g/mol. The highest BCUT2D eigenvalue weighted by Crippen LogP contribution is 2.64. The molecule has 0 radical (unpaired) electrons. The van der Waals surface area contributed by atoms with Gasteiger partial charge in [-0.25, -0.2) is 4.39 Å². The molecular weight excluding hydrogens is 469 g/mol. The summed E-state index contributed by atoms with van der Waals surface area (Å²) in [7, 11) is 3.54. The minimum atomic E-state index is -4.53. The lowest BCUT2D eigenvalue weighted by molar-refractivity contribution is -0.137. The van der Waals surface area contributed by atoms with Gasteiger partial charge in [-0.2, -0.15) is 13.2 Å². The lowest BCUT2D eigenvalue weighted by Gasteiger charge is -2.16. The van der Waals surface area contributed by atoms with Crippen LogP contribution in [-0.2, 0) is 13.2 Å². The van der Waals surface area contributed by atoms with Crippen LogP contribution in [0.1, 0.15) is 49.1 Å². The highest BCUT2D eigenvalue weighted by Gasteiger charge is 2.58. The number of benzene rings is 1. The molecule has 2 N–H and O–H groups in total. The van der Waals surface area contributed by atoms with Crippen molar-refractivity contribution in [1.29, 1.82) is 0 Å². The van der Waals surface area contributed by atoms with Crippen molar-refractivity contribution in [1.82, 2.24) is 24.9 Å². The van der Waals surface area contributed by atoms with Crippen molar-refractivity contribution in [2.45, 2.75) is 43.4 Å². The number of rotatable bonds is 8. The molecule has 1 aliphatic carbocycles. The zero-order valence-corrected chi connectivity index (χ0v) is 20.2. The van der Waals surface area contributed by atoms with Gasteiger partial charge in [0.25, 0.3) is 0 Å². The summed E-state index contributed by atoms with van der Waals surface area (Å²) in [5.41, 5.74) is 0.0765. The van der Waals surface area contributed by atoms with Gasteiger partial charge in [-0.05, 0) is 68.3 Å². The number of aliphatic hydroxyl groups is 1. The molecule has 6 nitrogen and oxygen atoms in total. The molecule has 34 heavy (non-hydrogen) atoms. The molecule has 0 bridgehead atoms. The highest BCUT2D eigenvalue weighted by atomic mass is 32.2. The van der Waals surface area contributed by atoms with Gasteiger partial charge in [0.05, 0.1) is 5.56 Å². The number of allylic oxidation sites excluding steroid dienone is 1. The number of nitrogens with zero attached hydrogens (tertiary/aromatic N) is 4. The van der Waals surface area contributed by atoms with Gasteiger partial charge in [0, 0.05) is 25.0 Å². The first-order chi connectivity index (χ1) is 16.1. The lowest BCUT2D eigenvalue weighted by Crippen LogP contribution is -2.23. The van der Waals surface area contributed by atoms with E-state index in [0.29, 0.717) is 23.2 Å². The Bertz CT molecular complexity index is 1090. The summed E-state index contributed by atoms with van der Waals surface area (Å²) in [6.07, 6.45) is -1.84. The molecule has 2 aromatic rings. The molecule has 12 heteroatoms. The first kappa shape index (κ1) is 24.9. The molecule has 1 aromatic heterocycles. The average Bonchev–Trinajstić information content (AvgIpc) is 3.12. The smallest absolute Gasteiger partial charge is 0.416 e.